The van der Waals surface area contributed by atoms with E-state index in [4.69, 9.17) is 5.26 Å². The fourth-order valence-electron chi connectivity index (χ4n) is 4.80. The number of hydrogen-bond donors (Lipinski definition) is 0. The Morgan fingerprint density at radius 1 is 0.971 bits per heavy atom. The SMILES string of the molecule is CCCCCCCCCCN1c2ccc(C)cc2CCc2cc(/C=C/C=C(/C#N)OC=O)ccc21. The predicted molar refractivity (Wildman–Crippen MR) is 145 cm³/mol. The molecule has 0 aliphatic carbocycles. The van der Waals surface area contributed by atoms with E-state index in [1.165, 1.54) is 85.5 Å². The molecule has 0 fully saturated rings. The number of aryl methyl sites for hydroxylation is 3. The molecule has 0 unspecified atom stereocenters. The molecule has 184 valence electrons. The Labute approximate surface area is 210 Å². The van der Waals surface area contributed by atoms with E-state index in [0.29, 0.717) is 0 Å². The van der Waals surface area contributed by atoms with Crippen LogP contribution in [0.25, 0.3) is 6.08 Å². The molecule has 35 heavy (non-hydrogen) atoms. The first-order valence-corrected chi connectivity index (χ1v) is 13.0. The van der Waals surface area contributed by atoms with Crippen LogP contribution in [-0.2, 0) is 22.4 Å². The zero-order chi connectivity index (χ0) is 24.9. The molecule has 0 radical (unpaired) electrons. The molecule has 2 aromatic carbocycles. The summed E-state index contributed by atoms with van der Waals surface area (Å²) in [4.78, 5) is 13.0. The van der Waals surface area contributed by atoms with Crippen LogP contribution < -0.4 is 4.90 Å². The van der Waals surface area contributed by atoms with Crippen LogP contribution in [-0.4, -0.2) is 13.0 Å². The third kappa shape index (κ3) is 7.86. The minimum absolute atomic E-state index is 0.0200. The summed E-state index contributed by atoms with van der Waals surface area (Å²) in [6, 6.07) is 15.3. The number of nitrogens with zero attached hydrogens (tertiary/aromatic N) is 2. The highest BCUT2D eigenvalue weighted by Crippen LogP contribution is 2.37. The molecule has 0 spiro atoms. The number of unbranched alkanes of at least 4 members (excludes halogenated alkanes) is 7. The van der Waals surface area contributed by atoms with Crippen LogP contribution in [0.1, 0.15) is 80.5 Å². The number of carbonyl (C=O) groups is 1. The van der Waals surface area contributed by atoms with Crippen molar-refractivity contribution in [2.24, 2.45) is 0 Å². The van der Waals surface area contributed by atoms with Crippen LogP contribution in [0.5, 0.6) is 0 Å². The number of nitriles is 1. The molecular formula is C31H38N2O2. The lowest BCUT2D eigenvalue weighted by Gasteiger charge is -2.27. The molecule has 2 aromatic rings. The summed E-state index contributed by atoms with van der Waals surface area (Å²) < 4.78 is 4.64. The normalized spacial score (nSPS) is 13.2. The summed E-state index contributed by atoms with van der Waals surface area (Å²) in [7, 11) is 0. The van der Waals surface area contributed by atoms with Gasteiger partial charge in [0.15, 0.2) is 0 Å². The number of ether oxygens (including phenoxy) is 1. The van der Waals surface area contributed by atoms with Gasteiger partial charge in [0.2, 0.25) is 5.76 Å². The molecule has 0 bridgehead atoms. The lowest BCUT2D eigenvalue weighted by Crippen LogP contribution is -2.20. The fraction of sp³-hybridized carbons (Fsp3) is 0.419. The van der Waals surface area contributed by atoms with Crippen molar-refractivity contribution in [3.05, 3.63) is 76.6 Å². The van der Waals surface area contributed by atoms with Gasteiger partial charge in [0, 0.05) is 17.9 Å². The van der Waals surface area contributed by atoms with Gasteiger partial charge in [-0.15, -0.1) is 0 Å². The van der Waals surface area contributed by atoms with Gasteiger partial charge in [0.25, 0.3) is 6.47 Å². The highest BCUT2D eigenvalue weighted by atomic mass is 16.5. The quantitative estimate of drug-likeness (QED) is 0.0979. The van der Waals surface area contributed by atoms with Crippen LogP contribution in [0.2, 0.25) is 0 Å². The Balaban J connectivity index is 1.75. The second-order valence-corrected chi connectivity index (χ2v) is 9.36. The second kappa shape index (κ2) is 14.2. The van der Waals surface area contributed by atoms with Crippen molar-refractivity contribution in [3.63, 3.8) is 0 Å². The van der Waals surface area contributed by atoms with Crippen LogP contribution in [0.15, 0.2) is 54.3 Å². The standard InChI is InChI=1S/C31H38N2O2/c1-3-4-5-6-7-8-9-10-20-33-30-18-14-25(2)21-27(30)16-17-28-22-26(15-19-31(28)33)12-11-13-29(23-32)35-24-34/h11-15,18-19,21-22,24H,3-10,16-17,20H2,1-2H3/b12-11+,29-13-. The van der Waals surface area contributed by atoms with E-state index in [1.54, 1.807) is 6.08 Å². The molecular weight excluding hydrogens is 432 g/mol. The lowest BCUT2D eigenvalue weighted by molar-refractivity contribution is -0.124. The van der Waals surface area contributed by atoms with Gasteiger partial charge in [-0.1, -0.05) is 87.8 Å². The van der Waals surface area contributed by atoms with Crippen molar-refractivity contribution in [2.45, 2.75) is 78.1 Å². The van der Waals surface area contributed by atoms with E-state index in [9.17, 15) is 4.79 Å². The molecule has 4 heteroatoms. The third-order valence-electron chi connectivity index (χ3n) is 6.64. The minimum atomic E-state index is -0.0200. The molecule has 1 aliphatic heterocycles. The van der Waals surface area contributed by atoms with E-state index in [1.807, 2.05) is 12.1 Å². The monoisotopic (exact) mass is 470 g/mol. The van der Waals surface area contributed by atoms with Crippen molar-refractivity contribution in [2.75, 3.05) is 11.4 Å². The molecule has 1 aliphatic rings. The third-order valence-corrected chi connectivity index (χ3v) is 6.64. The number of benzene rings is 2. The highest BCUT2D eigenvalue weighted by Gasteiger charge is 2.20. The summed E-state index contributed by atoms with van der Waals surface area (Å²) in [5.74, 6) is -0.0200. The van der Waals surface area contributed by atoms with E-state index < -0.39 is 0 Å². The minimum Gasteiger partial charge on any atom is -0.417 e. The predicted octanol–water partition coefficient (Wildman–Crippen LogP) is 7.97. The van der Waals surface area contributed by atoms with Gasteiger partial charge in [0.05, 0.1) is 0 Å². The maximum atomic E-state index is 10.5. The lowest BCUT2D eigenvalue weighted by atomic mass is 10.0. The zero-order valence-electron chi connectivity index (χ0n) is 21.3. The molecule has 3 rings (SSSR count). The number of anilines is 2. The molecule has 0 aromatic heterocycles. The first-order valence-electron chi connectivity index (χ1n) is 13.0. The van der Waals surface area contributed by atoms with Gasteiger partial charge < -0.3 is 9.64 Å². The summed E-state index contributed by atoms with van der Waals surface area (Å²) in [6.07, 6.45) is 17.8. The van der Waals surface area contributed by atoms with Gasteiger partial charge in [-0.3, -0.25) is 4.79 Å². The largest absolute Gasteiger partial charge is 0.417 e. The Kier molecular flexibility index (Phi) is 10.6. The van der Waals surface area contributed by atoms with Crippen LogP contribution in [0.3, 0.4) is 0 Å². The molecule has 0 amide bonds. The molecule has 0 N–H and O–H groups in total. The Morgan fingerprint density at radius 2 is 1.63 bits per heavy atom. The molecule has 0 atom stereocenters. The van der Waals surface area contributed by atoms with Gasteiger partial charge in [0.1, 0.15) is 6.07 Å². The van der Waals surface area contributed by atoms with Gasteiger partial charge >= 0.3 is 0 Å². The Bertz CT molecular complexity index is 1080. The maximum absolute atomic E-state index is 10.5. The first kappa shape index (κ1) is 26.3. The molecule has 0 saturated carbocycles. The van der Waals surface area contributed by atoms with E-state index in [-0.39, 0.29) is 12.2 Å². The molecule has 4 nitrogen and oxygen atoms in total. The van der Waals surface area contributed by atoms with Crippen LogP contribution in [0, 0.1) is 18.3 Å². The number of carbonyl (C=O) groups excluding carboxylic acids is 1. The topological polar surface area (TPSA) is 53.3 Å². The van der Waals surface area contributed by atoms with Crippen molar-refractivity contribution in [3.8, 4) is 6.07 Å². The van der Waals surface area contributed by atoms with Gasteiger partial charge in [-0.25, -0.2) is 0 Å². The maximum Gasteiger partial charge on any atom is 0.299 e. The molecule has 1 heterocycles. The average molecular weight is 471 g/mol. The van der Waals surface area contributed by atoms with Gasteiger partial charge in [-0.2, -0.15) is 5.26 Å². The van der Waals surface area contributed by atoms with E-state index >= 15 is 0 Å². The Hall–Kier alpha value is -3.32. The highest BCUT2D eigenvalue weighted by molar-refractivity contribution is 5.73. The van der Waals surface area contributed by atoms with Crippen molar-refractivity contribution in [1.29, 1.82) is 5.26 Å². The average Bonchev–Trinajstić information content (AvgIpc) is 3.01. The van der Waals surface area contributed by atoms with E-state index in [0.717, 1.165) is 24.9 Å². The van der Waals surface area contributed by atoms with Crippen LogP contribution >= 0.6 is 0 Å². The second-order valence-electron chi connectivity index (χ2n) is 9.36. The van der Waals surface area contributed by atoms with Crippen molar-refractivity contribution < 1.29 is 9.53 Å². The number of allylic oxidation sites excluding steroid dienone is 3. The summed E-state index contributed by atoms with van der Waals surface area (Å²) in [5.41, 5.74) is 7.78. The first-order chi connectivity index (χ1) is 17.2. The molecule has 0 saturated heterocycles. The van der Waals surface area contributed by atoms with E-state index in [2.05, 4.69) is 59.9 Å². The zero-order valence-corrected chi connectivity index (χ0v) is 21.3. The number of rotatable bonds is 13. The fourth-order valence-corrected chi connectivity index (χ4v) is 4.80. The summed E-state index contributed by atoms with van der Waals surface area (Å²) in [6.45, 7) is 5.74. The Morgan fingerprint density at radius 3 is 2.31 bits per heavy atom. The van der Waals surface area contributed by atoms with Gasteiger partial charge in [-0.05, 0) is 67.2 Å². The van der Waals surface area contributed by atoms with Crippen molar-refractivity contribution >= 4 is 23.9 Å². The summed E-state index contributed by atoms with van der Waals surface area (Å²) >= 11 is 0. The van der Waals surface area contributed by atoms with Crippen LogP contribution in [0.4, 0.5) is 11.4 Å². The van der Waals surface area contributed by atoms with Crippen molar-refractivity contribution in [1.82, 2.24) is 0 Å². The summed E-state index contributed by atoms with van der Waals surface area (Å²) in [5, 5.41) is 8.99. The number of hydrogen-bond acceptors (Lipinski definition) is 4. The number of fused-ring (bicyclic) bond motifs is 2. The smallest absolute Gasteiger partial charge is 0.299 e.